The van der Waals surface area contributed by atoms with E-state index in [1.54, 1.807) is 30.5 Å². The highest BCUT2D eigenvalue weighted by atomic mass is 32.1. The van der Waals surface area contributed by atoms with Gasteiger partial charge >= 0.3 is 0 Å². The van der Waals surface area contributed by atoms with E-state index in [9.17, 15) is 13.6 Å². The van der Waals surface area contributed by atoms with E-state index in [0.29, 0.717) is 16.6 Å². The predicted octanol–water partition coefficient (Wildman–Crippen LogP) is 5.30. The van der Waals surface area contributed by atoms with Crippen LogP contribution >= 0.6 is 11.3 Å². The largest absolute Gasteiger partial charge is 0.443 e. The molecular weight excluding hydrogens is 384 g/mol. The molecule has 0 aliphatic rings. The maximum Gasteiger partial charge on any atom is 0.261 e. The molecule has 0 fully saturated rings. The first kappa shape index (κ1) is 18.0. The summed E-state index contributed by atoms with van der Waals surface area (Å²) in [6.45, 7) is 1.88. The van der Waals surface area contributed by atoms with Gasteiger partial charge in [0.25, 0.3) is 11.8 Å². The lowest BCUT2D eigenvalue weighted by Crippen LogP contribution is -2.15. The number of nitrogens with zero attached hydrogens (tertiary/aromatic N) is 2. The van der Waals surface area contributed by atoms with E-state index in [2.05, 4.69) is 15.3 Å². The van der Waals surface area contributed by atoms with Crippen molar-refractivity contribution in [2.45, 2.75) is 6.92 Å². The molecule has 0 radical (unpaired) electrons. The number of carbonyl (C=O) groups excluding carboxylic acids is 1. The van der Waals surface area contributed by atoms with Gasteiger partial charge in [0.2, 0.25) is 0 Å². The average Bonchev–Trinajstić information content (AvgIpc) is 3.32. The monoisotopic (exact) mass is 397 g/mol. The normalized spacial score (nSPS) is 10.8. The van der Waals surface area contributed by atoms with Gasteiger partial charge in [0, 0.05) is 5.69 Å². The SMILES string of the molecule is Cc1nc(-c2ncco2)sc1-c1ccc(NC(=O)c2c(F)cccc2F)cc1. The summed E-state index contributed by atoms with van der Waals surface area (Å²) >= 11 is 1.44. The minimum absolute atomic E-state index is 0.423. The molecule has 1 amide bonds. The van der Waals surface area contributed by atoms with Gasteiger partial charge in [-0.05, 0) is 36.8 Å². The van der Waals surface area contributed by atoms with Crippen molar-refractivity contribution >= 4 is 22.9 Å². The van der Waals surface area contributed by atoms with Crippen molar-refractivity contribution < 1.29 is 18.0 Å². The molecule has 8 heteroatoms. The second kappa shape index (κ2) is 7.32. The zero-order valence-electron chi connectivity index (χ0n) is 14.6. The van der Waals surface area contributed by atoms with Gasteiger partial charge in [-0.1, -0.05) is 18.2 Å². The molecule has 2 heterocycles. The molecule has 0 saturated heterocycles. The van der Waals surface area contributed by atoms with Crippen LogP contribution in [-0.2, 0) is 0 Å². The molecule has 0 spiro atoms. The van der Waals surface area contributed by atoms with Crippen molar-refractivity contribution in [2.24, 2.45) is 0 Å². The third-order valence-corrected chi connectivity index (χ3v) is 5.20. The number of halogens is 2. The van der Waals surface area contributed by atoms with E-state index in [1.165, 1.54) is 23.7 Å². The molecule has 4 aromatic rings. The van der Waals surface area contributed by atoms with Gasteiger partial charge in [-0.25, -0.2) is 18.7 Å². The van der Waals surface area contributed by atoms with Crippen LogP contribution in [0.4, 0.5) is 14.5 Å². The number of amides is 1. The highest BCUT2D eigenvalue weighted by Crippen LogP contribution is 2.35. The maximum absolute atomic E-state index is 13.7. The summed E-state index contributed by atoms with van der Waals surface area (Å²) in [7, 11) is 0. The van der Waals surface area contributed by atoms with Gasteiger partial charge in [-0.15, -0.1) is 11.3 Å². The summed E-state index contributed by atoms with van der Waals surface area (Å²) in [6, 6.07) is 10.2. The Morgan fingerprint density at radius 1 is 1.11 bits per heavy atom. The number of anilines is 1. The molecule has 0 aliphatic heterocycles. The molecule has 1 N–H and O–H groups in total. The molecule has 2 aromatic carbocycles. The number of carbonyl (C=O) groups is 1. The Hall–Kier alpha value is -3.39. The fourth-order valence-corrected chi connectivity index (χ4v) is 3.71. The number of rotatable bonds is 4. The van der Waals surface area contributed by atoms with Crippen LogP contribution in [0, 0.1) is 18.6 Å². The van der Waals surface area contributed by atoms with Gasteiger partial charge in [0.05, 0.1) is 16.8 Å². The summed E-state index contributed by atoms with van der Waals surface area (Å²) in [5.74, 6) is -2.21. The van der Waals surface area contributed by atoms with Crippen molar-refractivity contribution in [2.75, 3.05) is 5.32 Å². The van der Waals surface area contributed by atoms with Gasteiger partial charge in [0.15, 0.2) is 5.01 Å². The summed E-state index contributed by atoms with van der Waals surface area (Å²) in [6.07, 6.45) is 3.04. The van der Waals surface area contributed by atoms with Crippen LogP contribution in [0.5, 0.6) is 0 Å². The fraction of sp³-hybridized carbons (Fsp3) is 0.0500. The Balaban J connectivity index is 1.56. The molecule has 4 rings (SSSR count). The number of thiazole rings is 1. The summed E-state index contributed by atoms with van der Waals surface area (Å²) < 4.78 is 32.7. The van der Waals surface area contributed by atoms with E-state index in [0.717, 1.165) is 28.3 Å². The Kier molecular flexibility index (Phi) is 4.70. The number of benzene rings is 2. The Labute approximate surface area is 162 Å². The molecular formula is C20H13F2N3O2S. The highest BCUT2D eigenvalue weighted by Gasteiger charge is 2.18. The number of nitrogens with one attached hydrogen (secondary N) is 1. The van der Waals surface area contributed by atoms with Crippen LogP contribution in [-0.4, -0.2) is 15.9 Å². The Morgan fingerprint density at radius 3 is 2.46 bits per heavy atom. The van der Waals surface area contributed by atoms with E-state index in [1.807, 2.05) is 6.92 Å². The topological polar surface area (TPSA) is 68.0 Å². The maximum atomic E-state index is 13.7. The number of hydrogen-bond donors (Lipinski definition) is 1. The van der Waals surface area contributed by atoms with Crippen molar-refractivity contribution in [3.05, 3.63) is 77.8 Å². The van der Waals surface area contributed by atoms with Crippen molar-refractivity contribution in [1.82, 2.24) is 9.97 Å². The number of hydrogen-bond acceptors (Lipinski definition) is 5. The average molecular weight is 397 g/mol. The lowest BCUT2D eigenvalue weighted by Gasteiger charge is -2.08. The van der Waals surface area contributed by atoms with Crippen LogP contribution in [0.25, 0.3) is 21.3 Å². The van der Waals surface area contributed by atoms with Crippen LogP contribution in [0.1, 0.15) is 16.1 Å². The lowest BCUT2D eigenvalue weighted by atomic mass is 10.1. The van der Waals surface area contributed by atoms with E-state index < -0.39 is 23.1 Å². The molecule has 0 aliphatic carbocycles. The number of aryl methyl sites for hydroxylation is 1. The second-order valence-electron chi connectivity index (χ2n) is 5.90. The van der Waals surface area contributed by atoms with Crippen LogP contribution in [0.2, 0.25) is 0 Å². The first-order chi connectivity index (χ1) is 13.5. The first-order valence-corrected chi connectivity index (χ1v) is 9.07. The van der Waals surface area contributed by atoms with Crippen LogP contribution < -0.4 is 5.32 Å². The highest BCUT2D eigenvalue weighted by molar-refractivity contribution is 7.18. The van der Waals surface area contributed by atoms with Crippen LogP contribution in [0.3, 0.4) is 0 Å². The van der Waals surface area contributed by atoms with Gasteiger partial charge in [-0.2, -0.15) is 0 Å². The number of aromatic nitrogens is 2. The minimum Gasteiger partial charge on any atom is -0.443 e. The van der Waals surface area contributed by atoms with Crippen molar-refractivity contribution in [3.8, 4) is 21.3 Å². The smallest absolute Gasteiger partial charge is 0.261 e. The zero-order chi connectivity index (χ0) is 19.7. The van der Waals surface area contributed by atoms with Crippen molar-refractivity contribution in [1.29, 1.82) is 0 Å². The number of oxazole rings is 1. The molecule has 0 unspecified atom stereocenters. The first-order valence-electron chi connectivity index (χ1n) is 8.26. The van der Waals surface area contributed by atoms with Crippen LogP contribution in [0.15, 0.2) is 59.3 Å². The standard InChI is InChI=1S/C20H13F2N3O2S/c1-11-17(28-20(24-11)19-23-9-10-27-19)12-5-7-13(8-6-12)25-18(26)16-14(21)3-2-4-15(16)22/h2-10H,1H3,(H,25,26). The molecule has 0 saturated carbocycles. The Bertz CT molecular complexity index is 1120. The lowest BCUT2D eigenvalue weighted by molar-refractivity contribution is 0.101. The molecule has 0 atom stereocenters. The fourth-order valence-electron chi connectivity index (χ4n) is 2.70. The van der Waals surface area contributed by atoms with E-state index in [-0.39, 0.29) is 0 Å². The third-order valence-electron chi connectivity index (χ3n) is 4.01. The minimum atomic E-state index is -0.909. The summed E-state index contributed by atoms with van der Waals surface area (Å²) in [5.41, 5.74) is 1.53. The molecule has 140 valence electrons. The predicted molar refractivity (Wildman–Crippen MR) is 102 cm³/mol. The van der Waals surface area contributed by atoms with E-state index in [4.69, 9.17) is 4.42 Å². The quantitative estimate of drug-likeness (QED) is 0.507. The molecule has 0 bridgehead atoms. The summed E-state index contributed by atoms with van der Waals surface area (Å²) in [4.78, 5) is 21.7. The second-order valence-corrected chi connectivity index (χ2v) is 6.90. The summed E-state index contributed by atoms with van der Waals surface area (Å²) in [5, 5.41) is 3.18. The molecule has 28 heavy (non-hydrogen) atoms. The van der Waals surface area contributed by atoms with Gasteiger partial charge in [-0.3, -0.25) is 4.79 Å². The third kappa shape index (κ3) is 3.41. The Morgan fingerprint density at radius 2 is 1.82 bits per heavy atom. The molecule has 2 aromatic heterocycles. The van der Waals surface area contributed by atoms with Crippen molar-refractivity contribution in [3.63, 3.8) is 0 Å². The van der Waals surface area contributed by atoms with Gasteiger partial charge in [0.1, 0.15) is 23.5 Å². The van der Waals surface area contributed by atoms with Gasteiger partial charge < -0.3 is 9.73 Å². The van der Waals surface area contributed by atoms with E-state index >= 15 is 0 Å². The zero-order valence-corrected chi connectivity index (χ0v) is 15.4. The molecule has 5 nitrogen and oxygen atoms in total.